The topological polar surface area (TPSA) is 82.5 Å². The van der Waals surface area contributed by atoms with Crippen molar-refractivity contribution in [3.05, 3.63) is 59.9 Å². The summed E-state index contributed by atoms with van der Waals surface area (Å²) < 4.78 is 0. The van der Waals surface area contributed by atoms with E-state index in [0.717, 1.165) is 24.1 Å². The van der Waals surface area contributed by atoms with Crippen LogP contribution < -0.4 is 10.2 Å². The maximum atomic E-state index is 12.8. The highest BCUT2D eigenvalue weighted by molar-refractivity contribution is 5.97. The Morgan fingerprint density at radius 3 is 2.75 bits per heavy atom. The first kappa shape index (κ1) is 16.0. The molecule has 1 unspecified atom stereocenters. The van der Waals surface area contributed by atoms with Gasteiger partial charge in [-0.3, -0.25) is 9.88 Å². The van der Waals surface area contributed by atoms with Gasteiger partial charge in [0.1, 0.15) is 0 Å². The van der Waals surface area contributed by atoms with Gasteiger partial charge in [0.05, 0.1) is 0 Å². The van der Waals surface area contributed by atoms with E-state index in [1.807, 2.05) is 24.3 Å². The van der Waals surface area contributed by atoms with Gasteiger partial charge in [0.25, 0.3) is 0 Å². The third-order valence-electron chi connectivity index (χ3n) is 4.38. The van der Waals surface area contributed by atoms with Gasteiger partial charge in [-0.1, -0.05) is 24.3 Å². The van der Waals surface area contributed by atoms with Crippen LogP contribution in [-0.2, 0) is 16.8 Å². The molecule has 0 aliphatic carbocycles. The lowest BCUT2D eigenvalue weighted by molar-refractivity contribution is -0.144. The summed E-state index contributed by atoms with van der Waals surface area (Å²) in [5.74, 6) is -1.13. The van der Waals surface area contributed by atoms with Gasteiger partial charge in [0, 0.05) is 30.2 Å². The number of fused-ring (bicyclic) bond motifs is 1. The van der Waals surface area contributed by atoms with E-state index < -0.39 is 17.5 Å². The lowest BCUT2D eigenvalue weighted by atomic mass is 9.93. The molecule has 0 saturated carbocycles. The number of amides is 2. The molecule has 3 rings (SSSR count). The van der Waals surface area contributed by atoms with E-state index >= 15 is 0 Å². The summed E-state index contributed by atoms with van der Waals surface area (Å²) in [6.07, 6.45) is 4.78. The number of aromatic nitrogens is 1. The van der Waals surface area contributed by atoms with E-state index in [2.05, 4.69) is 10.3 Å². The average Bonchev–Trinajstić information content (AvgIpc) is 2.61. The summed E-state index contributed by atoms with van der Waals surface area (Å²) in [5.41, 5.74) is 0.811. The predicted molar refractivity (Wildman–Crippen MR) is 89.9 cm³/mol. The number of aliphatic carboxylic acids is 1. The lowest BCUT2D eigenvalue weighted by Gasteiger charge is -2.33. The van der Waals surface area contributed by atoms with Crippen LogP contribution in [0.25, 0.3) is 0 Å². The van der Waals surface area contributed by atoms with Crippen molar-refractivity contribution >= 4 is 17.7 Å². The van der Waals surface area contributed by atoms with Crippen molar-refractivity contribution in [2.45, 2.75) is 25.3 Å². The number of carboxylic acid groups (broad SMARTS) is 1. The van der Waals surface area contributed by atoms with Crippen molar-refractivity contribution in [1.82, 2.24) is 10.3 Å². The van der Waals surface area contributed by atoms with E-state index in [4.69, 9.17) is 0 Å². The molecular weight excluding hydrogens is 306 g/mol. The van der Waals surface area contributed by atoms with Crippen LogP contribution in [-0.4, -0.2) is 28.6 Å². The highest BCUT2D eigenvalue weighted by Gasteiger charge is 2.39. The normalized spacial score (nSPS) is 16.0. The number of carbonyl (C=O) groups excluding carboxylic acids is 1. The van der Waals surface area contributed by atoms with Crippen LogP contribution in [0.3, 0.4) is 0 Å². The van der Waals surface area contributed by atoms with Gasteiger partial charge < -0.3 is 10.4 Å². The van der Waals surface area contributed by atoms with Crippen LogP contribution >= 0.6 is 0 Å². The minimum atomic E-state index is -1.54. The van der Waals surface area contributed by atoms with Crippen LogP contribution in [0.15, 0.2) is 48.8 Å². The number of nitrogens with one attached hydrogen (secondary N) is 1. The molecule has 6 nitrogen and oxygen atoms in total. The number of anilines is 1. The third-order valence-corrected chi connectivity index (χ3v) is 4.38. The summed E-state index contributed by atoms with van der Waals surface area (Å²) in [7, 11) is 0. The number of benzene rings is 1. The number of hydrogen-bond donors (Lipinski definition) is 2. The fraction of sp³-hybridized carbons (Fsp3) is 0.278. The zero-order chi connectivity index (χ0) is 17.2. The van der Waals surface area contributed by atoms with Crippen molar-refractivity contribution in [1.29, 1.82) is 0 Å². The fourth-order valence-electron chi connectivity index (χ4n) is 2.93. The first-order valence-corrected chi connectivity index (χ1v) is 7.84. The zero-order valence-electron chi connectivity index (χ0n) is 13.4. The van der Waals surface area contributed by atoms with Crippen LogP contribution in [0.5, 0.6) is 0 Å². The minimum Gasteiger partial charge on any atom is -0.479 e. The van der Waals surface area contributed by atoms with E-state index in [-0.39, 0.29) is 0 Å². The number of rotatable bonds is 3. The van der Waals surface area contributed by atoms with Crippen molar-refractivity contribution in [3.63, 3.8) is 0 Å². The first-order chi connectivity index (χ1) is 11.5. The Balaban J connectivity index is 1.90. The van der Waals surface area contributed by atoms with Crippen LogP contribution in [0.1, 0.15) is 24.5 Å². The second-order valence-corrected chi connectivity index (χ2v) is 5.99. The zero-order valence-corrected chi connectivity index (χ0v) is 13.4. The molecule has 1 atom stereocenters. The number of hydrogen-bond acceptors (Lipinski definition) is 3. The molecule has 0 fully saturated rings. The molecule has 0 bridgehead atoms. The summed E-state index contributed by atoms with van der Waals surface area (Å²) in [4.78, 5) is 30.2. The number of carboxylic acids is 1. The molecular formula is C18H19N3O3. The molecule has 2 aromatic rings. The molecule has 1 aliphatic heterocycles. The highest BCUT2D eigenvalue weighted by Crippen LogP contribution is 2.28. The molecule has 2 heterocycles. The van der Waals surface area contributed by atoms with Crippen LogP contribution in [0.4, 0.5) is 10.5 Å². The molecule has 2 amide bonds. The van der Waals surface area contributed by atoms with Gasteiger partial charge in [-0.2, -0.15) is 0 Å². The Labute approximate surface area is 140 Å². The molecule has 0 spiro atoms. The maximum Gasteiger partial charge on any atom is 0.333 e. The molecule has 1 aromatic carbocycles. The molecule has 24 heavy (non-hydrogen) atoms. The molecule has 124 valence electrons. The number of para-hydroxylation sites is 1. The summed E-state index contributed by atoms with van der Waals surface area (Å²) in [5, 5.41) is 12.3. The first-order valence-electron chi connectivity index (χ1n) is 7.84. The number of carbonyl (C=O) groups is 2. The Kier molecular flexibility index (Phi) is 4.20. The molecule has 0 radical (unpaired) electrons. The molecule has 1 aromatic heterocycles. The van der Waals surface area contributed by atoms with E-state index in [1.165, 1.54) is 13.1 Å². The maximum absolute atomic E-state index is 12.8. The molecule has 0 saturated heterocycles. The molecule has 6 heteroatoms. The van der Waals surface area contributed by atoms with Crippen molar-refractivity contribution in [3.8, 4) is 0 Å². The Morgan fingerprint density at radius 1 is 1.25 bits per heavy atom. The predicted octanol–water partition coefficient (Wildman–Crippen LogP) is 2.54. The smallest absolute Gasteiger partial charge is 0.333 e. The van der Waals surface area contributed by atoms with E-state index in [0.29, 0.717) is 12.1 Å². The quantitative estimate of drug-likeness (QED) is 0.908. The molecule has 2 N–H and O–H groups in total. The number of pyridine rings is 1. The second-order valence-electron chi connectivity index (χ2n) is 5.99. The summed E-state index contributed by atoms with van der Waals surface area (Å²) in [6.45, 7) is 2.03. The van der Waals surface area contributed by atoms with Gasteiger partial charge in [-0.15, -0.1) is 0 Å². The van der Waals surface area contributed by atoms with Crippen molar-refractivity contribution in [2.75, 3.05) is 11.4 Å². The average molecular weight is 325 g/mol. The van der Waals surface area contributed by atoms with Gasteiger partial charge >= 0.3 is 12.0 Å². The summed E-state index contributed by atoms with van der Waals surface area (Å²) >= 11 is 0. The third kappa shape index (κ3) is 2.82. The van der Waals surface area contributed by atoms with E-state index in [1.54, 1.807) is 23.2 Å². The minimum absolute atomic E-state index is 0.420. The Bertz CT molecular complexity index is 763. The number of urea groups is 1. The largest absolute Gasteiger partial charge is 0.479 e. The standard InChI is InChI=1S/C18H19N3O3/c1-18(16(22)23,14-8-4-10-19-12-14)20-17(24)21-11-5-7-13-6-2-3-9-15(13)21/h2-4,6,8-10,12H,5,7,11H2,1H3,(H,20,24)(H,22,23). The van der Waals surface area contributed by atoms with Crippen LogP contribution in [0.2, 0.25) is 0 Å². The monoisotopic (exact) mass is 325 g/mol. The lowest BCUT2D eigenvalue weighted by Crippen LogP contribution is -2.55. The van der Waals surface area contributed by atoms with Crippen molar-refractivity contribution < 1.29 is 14.7 Å². The van der Waals surface area contributed by atoms with Gasteiger partial charge in [-0.05, 0) is 37.5 Å². The number of nitrogens with zero attached hydrogens (tertiary/aromatic N) is 2. The van der Waals surface area contributed by atoms with Gasteiger partial charge in [0.2, 0.25) is 0 Å². The van der Waals surface area contributed by atoms with Gasteiger partial charge in [-0.25, -0.2) is 9.59 Å². The van der Waals surface area contributed by atoms with Crippen LogP contribution in [0, 0.1) is 0 Å². The Hall–Kier alpha value is -2.89. The SMILES string of the molecule is CC(NC(=O)N1CCCc2ccccc21)(C(=O)O)c1cccnc1. The second kappa shape index (κ2) is 6.31. The fourth-order valence-corrected chi connectivity index (χ4v) is 2.93. The van der Waals surface area contributed by atoms with Crippen molar-refractivity contribution in [2.24, 2.45) is 0 Å². The highest BCUT2D eigenvalue weighted by atomic mass is 16.4. The molecule has 1 aliphatic rings. The summed E-state index contributed by atoms with van der Waals surface area (Å²) in [6, 6.07) is 10.6. The van der Waals surface area contributed by atoms with Gasteiger partial charge in [0.15, 0.2) is 5.54 Å². The Morgan fingerprint density at radius 2 is 2.04 bits per heavy atom. The van der Waals surface area contributed by atoms with E-state index in [9.17, 15) is 14.7 Å². The number of aryl methyl sites for hydroxylation is 1.